The first-order chi connectivity index (χ1) is 9.72. The number of aromatic nitrogens is 2. The second-order valence-electron chi connectivity index (χ2n) is 5.79. The maximum absolute atomic E-state index is 11.0. The molecule has 1 aliphatic heterocycles. The van der Waals surface area contributed by atoms with Gasteiger partial charge in [0.25, 0.3) is 0 Å². The van der Waals surface area contributed by atoms with Crippen molar-refractivity contribution in [3.05, 3.63) is 11.7 Å². The highest BCUT2D eigenvalue weighted by Crippen LogP contribution is 2.37. The fraction of sp³-hybridized carbons (Fsp3) is 0.786. The maximum Gasteiger partial charge on any atom is 0.306 e. The fourth-order valence-corrected chi connectivity index (χ4v) is 3.12. The van der Waals surface area contributed by atoms with Gasteiger partial charge in [-0.2, -0.15) is 4.98 Å². The number of rotatable bonds is 4. The molecule has 110 valence electrons. The number of nitrogens with zero attached hydrogens (tertiary/aromatic N) is 2. The highest BCUT2D eigenvalue weighted by molar-refractivity contribution is 5.70. The monoisotopic (exact) mass is 280 g/mol. The lowest BCUT2D eigenvalue weighted by atomic mass is 10.0. The molecule has 1 aliphatic carbocycles. The lowest BCUT2D eigenvalue weighted by Gasteiger charge is -2.20. The average Bonchev–Trinajstić information content (AvgIpc) is 3.08. The molecule has 1 saturated heterocycles. The predicted molar refractivity (Wildman–Crippen MR) is 69.3 cm³/mol. The standard InChI is InChI=1S/C14H20N2O4/c17-14(18)10-5-4-9(7-10)13-15-12(16-20-13)8-11-3-1-2-6-19-11/h9-11H,1-8H2,(H,17,18). The van der Waals surface area contributed by atoms with Crippen LogP contribution in [0.1, 0.15) is 56.2 Å². The molecule has 0 amide bonds. The smallest absolute Gasteiger partial charge is 0.306 e. The molecule has 0 aromatic carbocycles. The second kappa shape index (κ2) is 5.91. The van der Waals surface area contributed by atoms with Crippen LogP contribution in [0.4, 0.5) is 0 Å². The Labute approximate surface area is 117 Å². The van der Waals surface area contributed by atoms with Crippen LogP contribution < -0.4 is 0 Å². The van der Waals surface area contributed by atoms with Crippen LogP contribution >= 0.6 is 0 Å². The van der Waals surface area contributed by atoms with Crippen LogP contribution in [0.5, 0.6) is 0 Å². The summed E-state index contributed by atoms with van der Waals surface area (Å²) in [6.07, 6.45) is 6.39. The van der Waals surface area contributed by atoms with Crippen LogP contribution in [0.2, 0.25) is 0 Å². The topological polar surface area (TPSA) is 85.5 Å². The Hall–Kier alpha value is -1.43. The van der Waals surface area contributed by atoms with Crippen molar-refractivity contribution >= 4 is 5.97 Å². The van der Waals surface area contributed by atoms with E-state index in [1.54, 1.807) is 0 Å². The molecule has 2 fully saturated rings. The Bertz CT molecular complexity index is 467. The maximum atomic E-state index is 11.0. The zero-order valence-corrected chi connectivity index (χ0v) is 11.5. The van der Waals surface area contributed by atoms with E-state index in [4.69, 9.17) is 14.4 Å². The van der Waals surface area contributed by atoms with Gasteiger partial charge in [-0.3, -0.25) is 4.79 Å². The van der Waals surface area contributed by atoms with E-state index < -0.39 is 5.97 Å². The summed E-state index contributed by atoms with van der Waals surface area (Å²) in [5.41, 5.74) is 0. The van der Waals surface area contributed by atoms with Gasteiger partial charge in [-0.05, 0) is 38.5 Å². The molecule has 20 heavy (non-hydrogen) atoms. The van der Waals surface area contributed by atoms with Crippen molar-refractivity contribution in [2.75, 3.05) is 6.61 Å². The molecule has 1 aromatic heterocycles. The summed E-state index contributed by atoms with van der Waals surface area (Å²) in [4.78, 5) is 15.4. The zero-order valence-electron chi connectivity index (χ0n) is 11.5. The van der Waals surface area contributed by atoms with E-state index in [9.17, 15) is 4.79 Å². The van der Waals surface area contributed by atoms with Crippen molar-refractivity contribution < 1.29 is 19.2 Å². The summed E-state index contributed by atoms with van der Waals surface area (Å²) in [5, 5.41) is 13.0. The number of carboxylic acids is 1. The third kappa shape index (κ3) is 3.00. The Balaban J connectivity index is 1.58. The first-order valence-electron chi connectivity index (χ1n) is 7.39. The Morgan fingerprint density at radius 2 is 2.20 bits per heavy atom. The van der Waals surface area contributed by atoms with Gasteiger partial charge in [-0.1, -0.05) is 5.16 Å². The summed E-state index contributed by atoms with van der Waals surface area (Å²) >= 11 is 0. The van der Waals surface area contributed by atoms with Gasteiger partial charge >= 0.3 is 5.97 Å². The average molecular weight is 280 g/mol. The summed E-state index contributed by atoms with van der Waals surface area (Å²) in [5.74, 6) is 0.398. The second-order valence-corrected chi connectivity index (χ2v) is 5.79. The minimum atomic E-state index is -0.720. The van der Waals surface area contributed by atoms with Crippen LogP contribution in [-0.4, -0.2) is 33.9 Å². The van der Waals surface area contributed by atoms with Crippen LogP contribution in [-0.2, 0) is 16.0 Å². The number of aliphatic carboxylic acids is 1. The molecule has 0 spiro atoms. The van der Waals surface area contributed by atoms with Gasteiger partial charge in [0.15, 0.2) is 5.82 Å². The molecule has 2 heterocycles. The summed E-state index contributed by atoms with van der Waals surface area (Å²) in [7, 11) is 0. The molecule has 3 rings (SSSR count). The summed E-state index contributed by atoms with van der Waals surface area (Å²) < 4.78 is 11.0. The van der Waals surface area contributed by atoms with Crippen molar-refractivity contribution in [1.82, 2.24) is 10.1 Å². The molecule has 0 radical (unpaired) electrons. The molecule has 6 nitrogen and oxygen atoms in total. The predicted octanol–water partition coefficient (Wildman–Crippen LogP) is 2.15. The third-order valence-corrected chi connectivity index (χ3v) is 4.30. The zero-order chi connectivity index (χ0) is 13.9. The molecule has 1 N–H and O–H groups in total. The molecule has 3 atom stereocenters. The Kier molecular flexibility index (Phi) is 4.00. The van der Waals surface area contributed by atoms with E-state index in [1.165, 1.54) is 6.42 Å². The van der Waals surface area contributed by atoms with Gasteiger partial charge in [0, 0.05) is 18.9 Å². The van der Waals surface area contributed by atoms with Crippen LogP contribution in [0.15, 0.2) is 4.52 Å². The van der Waals surface area contributed by atoms with Gasteiger partial charge in [0.05, 0.1) is 12.0 Å². The number of carboxylic acid groups (broad SMARTS) is 1. The molecular formula is C14H20N2O4. The first kappa shape index (κ1) is 13.5. The van der Waals surface area contributed by atoms with Gasteiger partial charge in [-0.15, -0.1) is 0 Å². The molecular weight excluding hydrogens is 260 g/mol. The van der Waals surface area contributed by atoms with Gasteiger partial charge in [0.1, 0.15) is 0 Å². The van der Waals surface area contributed by atoms with E-state index in [0.717, 1.165) is 25.9 Å². The van der Waals surface area contributed by atoms with Crippen molar-refractivity contribution in [1.29, 1.82) is 0 Å². The van der Waals surface area contributed by atoms with E-state index in [2.05, 4.69) is 10.1 Å². The first-order valence-corrected chi connectivity index (χ1v) is 7.39. The highest BCUT2D eigenvalue weighted by atomic mass is 16.5. The fourth-order valence-electron chi connectivity index (χ4n) is 3.12. The van der Waals surface area contributed by atoms with E-state index in [0.29, 0.717) is 31.0 Å². The van der Waals surface area contributed by atoms with Crippen molar-refractivity contribution in [3.8, 4) is 0 Å². The minimum Gasteiger partial charge on any atom is -0.481 e. The third-order valence-electron chi connectivity index (χ3n) is 4.30. The number of hydrogen-bond donors (Lipinski definition) is 1. The van der Waals surface area contributed by atoms with Crippen molar-refractivity contribution in [2.24, 2.45) is 5.92 Å². The number of hydrogen-bond acceptors (Lipinski definition) is 5. The van der Waals surface area contributed by atoms with Crippen LogP contribution in [0.25, 0.3) is 0 Å². The number of carbonyl (C=O) groups is 1. The van der Waals surface area contributed by atoms with Crippen molar-refractivity contribution in [3.63, 3.8) is 0 Å². The van der Waals surface area contributed by atoms with E-state index in [-0.39, 0.29) is 17.9 Å². The SMILES string of the molecule is O=C(O)C1CCC(c2nc(CC3CCCCO3)no2)C1. The summed E-state index contributed by atoms with van der Waals surface area (Å²) in [6, 6.07) is 0. The lowest BCUT2D eigenvalue weighted by molar-refractivity contribution is -0.141. The molecule has 1 saturated carbocycles. The molecule has 0 bridgehead atoms. The van der Waals surface area contributed by atoms with Crippen LogP contribution in [0.3, 0.4) is 0 Å². The molecule has 2 aliphatic rings. The van der Waals surface area contributed by atoms with E-state index in [1.807, 2.05) is 0 Å². The highest BCUT2D eigenvalue weighted by Gasteiger charge is 2.34. The van der Waals surface area contributed by atoms with E-state index >= 15 is 0 Å². The van der Waals surface area contributed by atoms with Crippen molar-refractivity contribution in [2.45, 2.75) is 57.0 Å². The Morgan fingerprint density at radius 1 is 1.30 bits per heavy atom. The normalized spacial score (nSPS) is 30.5. The quantitative estimate of drug-likeness (QED) is 0.909. The van der Waals surface area contributed by atoms with Crippen LogP contribution in [0, 0.1) is 5.92 Å². The largest absolute Gasteiger partial charge is 0.481 e. The number of ether oxygens (including phenoxy) is 1. The van der Waals surface area contributed by atoms with Gasteiger partial charge < -0.3 is 14.4 Å². The minimum absolute atomic E-state index is 0.102. The lowest BCUT2D eigenvalue weighted by Crippen LogP contribution is -2.21. The molecule has 1 aromatic rings. The Morgan fingerprint density at radius 3 is 2.90 bits per heavy atom. The molecule has 3 unspecified atom stereocenters. The van der Waals surface area contributed by atoms with Gasteiger partial charge in [-0.25, -0.2) is 0 Å². The summed E-state index contributed by atoms with van der Waals surface area (Å²) in [6.45, 7) is 0.818. The molecule has 6 heteroatoms. The van der Waals surface area contributed by atoms with Gasteiger partial charge in [0.2, 0.25) is 5.89 Å².